The molecular formula is C19H23FN2. The fraction of sp³-hybridized carbons (Fsp3) is 0.316. The van der Waals surface area contributed by atoms with Crippen LogP contribution < -0.4 is 0 Å². The molecule has 0 unspecified atom stereocenters. The van der Waals surface area contributed by atoms with Gasteiger partial charge in [0, 0.05) is 6.54 Å². The summed E-state index contributed by atoms with van der Waals surface area (Å²) in [6.07, 6.45) is 10.2. The molecule has 1 heterocycles. The second-order valence-electron chi connectivity index (χ2n) is 5.88. The Morgan fingerprint density at radius 3 is 2.59 bits per heavy atom. The fourth-order valence-electron chi connectivity index (χ4n) is 2.28. The van der Waals surface area contributed by atoms with Crippen molar-refractivity contribution in [1.82, 2.24) is 9.55 Å². The number of halogens is 1. The van der Waals surface area contributed by atoms with Crippen LogP contribution >= 0.6 is 0 Å². The van der Waals surface area contributed by atoms with E-state index in [1.807, 2.05) is 24.7 Å². The molecule has 22 heavy (non-hydrogen) atoms. The molecule has 0 amide bonds. The lowest BCUT2D eigenvalue weighted by Gasteiger charge is -2.07. The summed E-state index contributed by atoms with van der Waals surface area (Å²) >= 11 is 0. The summed E-state index contributed by atoms with van der Waals surface area (Å²) in [6, 6.07) is 6.61. The summed E-state index contributed by atoms with van der Waals surface area (Å²) in [5.41, 5.74) is 4.84. The summed E-state index contributed by atoms with van der Waals surface area (Å²) < 4.78 is 15.0. The van der Waals surface area contributed by atoms with Crippen LogP contribution in [0.4, 0.5) is 4.39 Å². The van der Waals surface area contributed by atoms with E-state index in [2.05, 4.69) is 42.5 Å². The van der Waals surface area contributed by atoms with Crippen molar-refractivity contribution in [3.05, 3.63) is 71.1 Å². The van der Waals surface area contributed by atoms with E-state index in [-0.39, 0.29) is 5.82 Å². The van der Waals surface area contributed by atoms with E-state index in [1.165, 1.54) is 23.3 Å². The molecule has 0 saturated carbocycles. The van der Waals surface area contributed by atoms with E-state index in [1.54, 1.807) is 0 Å². The number of nitrogens with zero attached hydrogens (tertiary/aromatic N) is 2. The molecule has 0 aliphatic carbocycles. The van der Waals surface area contributed by atoms with Crippen molar-refractivity contribution >= 4 is 6.08 Å². The van der Waals surface area contributed by atoms with Crippen LogP contribution in [-0.4, -0.2) is 9.55 Å². The van der Waals surface area contributed by atoms with Gasteiger partial charge in [-0.1, -0.05) is 29.4 Å². The summed E-state index contributed by atoms with van der Waals surface area (Å²) in [6.45, 7) is 7.09. The monoisotopic (exact) mass is 298 g/mol. The van der Waals surface area contributed by atoms with Gasteiger partial charge in [0.1, 0.15) is 5.82 Å². The summed E-state index contributed by atoms with van der Waals surface area (Å²) in [4.78, 5) is 4.23. The molecule has 3 heteroatoms. The van der Waals surface area contributed by atoms with Crippen molar-refractivity contribution in [2.24, 2.45) is 0 Å². The molecular weight excluding hydrogens is 275 g/mol. The van der Waals surface area contributed by atoms with Gasteiger partial charge in [0.15, 0.2) is 0 Å². The number of allylic oxidation sites excluding steroid dienone is 3. The van der Waals surface area contributed by atoms with Crippen LogP contribution in [-0.2, 0) is 6.54 Å². The number of aromatic nitrogens is 2. The highest BCUT2D eigenvalue weighted by Gasteiger charge is 2.02. The Morgan fingerprint density at radius 1 is 1.18 bits per heavy atom. The van der Waals surface area contributed by atoms with Crippen LogP contribution in [0.5, 0.6) is 0 Å². The van der Waals surface area contributed by atoms with E-state index in [0.717, 1.165) is 24.1 Å². The standard InChI is InChI=1S/C19H23FN2/c1-15(2)5-4-6-16(3)11-19-12-21-14-22(19)13-17-7-9-18(20)10-8-17/h5,7-12,14H,4,6,13H2,1-3H3/b16-11-. The summed E-state index contributed by atoms with van der Waals surface area (Å²) in [5, 5.41) is 0. The topological polar surface area (TPSA) is 17.8 Å². The zero-order valence-corrected chi connectivity index (χ0v) is 13.5. The lowest BCUT2D eigenvalue weighted by Crippen LogP contribution is -2.00. The first kappa shape index (κ1) is 16.2. The average molecular weight is 298 g/mol. The highest BCUT2D eigenvalue weighted by molar-refractivity contribution is 5.48. The Hall–Kier alpha value is -2.16. The Bertz CT molecular complexity index is 659. The van der Waals surface area contributed by atoms with E-state index in [9.17, 15) is 4.39 Å². The third-order valence-corrected chi connectivity index (χ3v) is 3.50. The SMILES string of the molecule is CC(C)=CCC/C(C)=C\c1cncn1Cc1ccc(F)cc1. The van der Waals surface area contributed by atoms with Crippen molar-refractivity contribution in [3.63, 3.8) is 0 Å². The van der Waals surface area contributed by atoms with Gasteiger partial charge in [-0.25, -0.2) is 9.37 Å². The molecule has 2 aromatic rings. The quantitative estimate of drug-likeness (QED) is 0.668. The van der Waals surface area contributed by atoms with E-state index in [4.69, 9.17) is 0 Å². The molecule has 0 atom stereocenters. The molecule has 2 nitrogen and oxygen atoms in total. The molecule has 0 aliphatic heterocycles. The third kappa shape index (κ3) is 4.99. The number of imidazole rings is 1. The highest BCUT2D eigenvalue weighted by Crippen LogP contribution is 2.14. The predicted octanol–water partition coefficient (Wildman–Crippen LogP) is 5.22. The van der Waals surface area contributed by atoms with Crippen molar-refractivity contribution < 1.29 is 4.39 Å². The highest BCUT2D eigenvalue weighted by atomic mass is 19.1. The number of hydrogen-bond donors (Lipinski definition) is 0. The predicted molar refractivity (Wildman–Crippen MR) is 90.0 cm³/mol. The van der Waals surface area contributed by atoms with Gasteiger partial charge in [-0.15, -0.1) is 0 Å². The first-order valence-corrected chi connectivity index (χ1v) is 7.59. The minimum atomic E-state index is -0.204. The lowest BCUT2D eigenvalue weighted by atomic mass is 10.1. The van der Waals surface area contributed by atoms with Crippen LogP contribution in [0.3, 0.4) is 0 Å². The third-order valence-electron chi connectivity index (χ3n) is 3.50. The van der Waals surface area contributed by atoms with E-state index < -0.39 is 0 Å². The Morgan fingerprint density at radius 2 is 1.91 bits per heavy atom. The second-order valence-corrected chi connectivity index (χ2v) is 5.88. The minimum absolute atomic E-state index is 0.204. The average Bonchev–Trinajstić information content (AvgIpc) is 2.88. The van der Waals surface area contributed by atoms with Crippen LogP contribution in [0.25, 0.3) is 6.08 Å². The molecule has 116 valence electrons. The maximum Gasteiger partial charge on any atom is 0.123 e. The van der Waals surface area contributed by atoms with Gasteiger partial charge in [-0.3, -0.25) is 0 Å². The van der Waals surface area contributed by atoms with Crippen molar-refractivity contribution in [1.29, 1.82) is 0 Å². The Labute approximate surface area is 132 Å². The molecule has 0 bridgehead atoms. The van der Waals surface area contributed by atoms with Crippen molar-refractivity contribution in [2.75, 3.05) is 0 Å². The van der Waals surface area contributed by atoms with Crippen LogP contribution in [0, 0.1) is 5.82 Å². The largest absolute Gasteiger partial charge is 0.327 e. The molecule has 0 spiro atoms. The van der Waals surface area contributed by atoms with Gasteiger partial charge >= 0.3 is 0 Å². The van der Waals surface area contributed by atoms with Crippen LogP contribution in [0.1, 0.15) is 44.9 Å². The molecule has 1 aromatic heterocycles. The maximum atomic E-state index is 13.0. The fourth-order valence-corrected chi connectivity index (χ4v) is 2.28. The number of benzene rings is 1. The molecule has 0 radical (unpaired) electrons. The second kappa shape index (κ2) is 7.74. The van der Waals surface area contributed by atoms with Crippen molar-refractivity contribution in [3.8, 4) is 0 Å². The first-order chi connectivity index (χ1) is 10.5. The normalized spacial score (nSPS) is 11.5. The molecule has 0 saturated heterocycles. The van der Waals surface area contributed by atoms with E-state index in [0.29, 0.717) is 6.54 Å². The van der Waals surface area contributed by atoms with Gasteiger partial charge in [0.05, 0.1) is 18.2 Å². The Kier molecular flexibility index (Phi) is 5.70. The molecule has 0 fully saturated rings. The summed E-state index contributed by atoms with van der Waals surface area (Å²) in [5.74, 6) is -0.204. The number of rotatable bonds is 6. The zero-order chi connectivity index (χ0) is 15.9. The van der Waals surface area contributed by atoms with Gasteiger partial charge in [0.2, 0.25) is 0 Å². The van der Waals surface area contributed by atoms with Crippen LogP contribution in [0.15, 0.2) is 54.0 Å². The maximum absolute atomic E-state index is 13.0. The van der Waals surface area contributed by atoms with Gasteiger partial charge < -0.3 is 4.57 Å². The molecule has 1 aromatic carbocycles. The number of hydrogen-bond acceptors (Lipinski definition) is 1. The van der Waals surface area contributed by atoms with Gasteiger partial charge in [-0.2, -0.15) is 0 Å². The smallest absolute Gasteiger partial charge is 0.123 e. The van der Waals surface area contributed by atoms with Gasteiger partial charge in [0.25, 0.3) is 0 Å². The van der Waals surface area contributed by atoms with Crippen LogP contribution in [0.2, 0.25) is 0 Å². The minimum Gasteiger partial charge on any atom is -0.327 e. The first-order valence-electron chi connectivity index (χ1n) is 7.59. The summed E-state index contributed by atoms with van der Waals surface area (Å²) in [7, 11) is 0. The van der Waals surface area contributed by atoms with Gasteiger partial charge in [-0.05, 0) is 57.4 Å². The molecule has 0 aliphatic rings. The van der Waals surface area contributed by atoms with E-state index >= 15 is 0 Å². The molecule has 0 N–H and O–H groups in total. The zero-order valence-electron chi connectivity index (χ0n) is 13.5. The lowest BCUT2D eigenvalue weighted by molar-refractivity contribution is 0.626. The van der Waals surface area contributed by atoms with Crippen molar-refractivity contribution in [2.45, 2.75) is 40.2 Å². The Balaban J connectivity index is 2.05. The molecule has 2 rings (SSSR count).